The lowest BCUT2D eigenvalue weighted by atomic mass is 10.6. The Balaban J connectivity index is 3.17. The van der Waals surface area contributed by atoms with Gasteiger partial charge in [-0.1, -0.05) is 0 Å². The van der Waals surface area contributed by atoms with Gasteiger partial charge in [0.2, 0.25) is 0 Å². The molecule has 0 saturated heterocycles. The molecule has 0 rings (SSSR count). The lowest BCUT2D eigenvalue weighted by molar-refractivity contribution is 0.182. The van der Waals surface area contributed by atoms with Gasteiger partial charge in [-0.2, -0.15) is 0 Å². The third-order valence-corrected chi connectivity index (χ3v) is 0.485. The molecule has 0 aromatic rings. The minimum atomic E-state index is 0.0579. The fourth-order valence-electron chi connectivity index (χ4n) is 0.196. The van der Waals surface area contributed by atoms with Crippen LogP contribution in [0, 0.1) is 0 Å². The number of nitrogens with two attached hydrogens (primary N) is 1. The Morgan fingerprint density at radius 1 is 2.00 bits per heavy atom. The van der Waals surface area contributed by atoms with E-state index in [4.69, 9.17) is 10.8 Å². The summed E-state index contributed by atoms with van der Waals surface area (Å²) in [7, 11) is 1.49. The van der Waals surface area contributed by atoms with E-state index in [2.05, 4.69) is 4.74 Å². The van der Waals surface area contributed by atoms with Gasteiger partial charge in [0.15, 0.2) is 0 Å². The molecule has 3 heteroatoms. The van der Waals surface area contributed by atoms with Gasteiger partial charge >= 0.3 is 0 Å². The van der Waals surface area contributed by atoms with Crippen LogP contribution in [-0.2, 0) is 4.74 Å². The molecule has 0 spiro atoms. The molecule has 0 aliphatic rings. The molecule has 0 aliphatic heterocycles. The SMILES string of the molecule is COC/C(O)=C/N. The van der Waals surface area contributed by atoms with Gasteiger partial charge in [-0.3, -0.25) is 0 Å². The highest BCUT2D eigenvalue weighted by Crippen LogP contribution is 1.81. The van der Waals surface area contributed by atoms with Gasteiger partial charge in [-0.15, -0.1) is 0 Å². The van der Waals surface area contributed by atoms with E-state index >= 15 is 0 Å². The van der Waals surface area contributed by atoms with E-state index in [1.807, 2.05) is 0 Å². The maximum Gasteiger partial charge on any atom is 0.133 e. The van der Waals surface area contributed by atoms with Crippen LogP contribution >= 0.6 is 0 Å². The van der Waals surface area contributed by atoms with E-state index in [0.29, 0.717) is 0 Å². The zero-order valence-corrected chi connectivity index (χ0v) is 4.22. The van der Waals surface area contributed by atoms with Crippen molar-refractivity contribution in [3.63, 3.8) is 0 Å². The van der Waals surface area contributed by atoms with Gasteiger partial charge in [0.1, 0.15) is 12.4 Å². The fourth-order valence-corrected chi connectivity index (χ4v) is 0.196. The molecule has 0 unspecified atom stereocenters. The quantitative estimate of drug-likeness (QED) is 0.483. The maximum atomic E-state index is 8.47. The minimum Gasteiger partial charge on any atom is -0.508 e. The Kier molecular flexibility index (Phi) is 3.14. The van der Waals surface area contributed by atoms with Crippen molar-refractivity contribution in [1.29, 1.82) is 0 Å². The zero-order chi connectivity index (χ0) is 5.70. The topological polar surface area (TPSA) is 55.5 Å². The zero-order valence-electron chi connectivity index (χ0n) is 4.22. The number of hydrogen-bond acceptors (Lipinski definition) is 3. The Morgan fingerprint density at radius 3 is 2.71 bits per heavy atom. The summed E-state index contributed by atoms with van der Waals surface area (Å²) in [4.78, 5) is 0. The first-order valence-electron chi connectivity index (χ1n) is 1.90. The van der Waals surface area contributed by atoms with E-state index in [9.17, 15) is 0 Å². The predicted octanol–water partition coefficient (Wildman–Crippen LogP) is -0.00910. The third-order valence-electron chi connectivity index (χ3n) is 0.485. The smallest absolute Gasteiger partial charge is 0.133 e. The number of ether oxygens (including phenoxy) is 1. The molecule has 0 aromatic heterocycles. The van der Waals surface area contributed by atoms with E-state index < -0.39 is 0 Å². The summed E-state index contributed by atoms with van der Waals surface area (Å²) in [6, 6.07) is 0. The summed E-state index contributed by atoms with van der Waals surface area (Å²) >= 11 is 0. The average Bonchev–Trinajstić information content (AvgIpc) is 1.68. The number of rotatable bonds is 2. The molecule has 7 heavy (non-hydrogen) atoms. The molecular formula is C4H9NO2. The second kappa shape index (κ2) is 3.49. The number of hydrogen-bond donors (Lipinski definition) is 2. The highest BCUT2D eigenvalue weighted by molar-refractivity contribution is 4.85. The summed E-state index contributed by atoms with van der Waals surface area (Å²) in [5, 5.41) is 8.47. The van der Waals surface area contributed by atoms with Gasteiger partial charge in [-0.25, -0.2) is 0 Å². The van der Waals surface area contributed by atoms with Crippen LogP contribution in [0.3, 0.4) is 0 Å². The highest BCUT2D eigenvalue weighted by atomic mass is 16.5. The Morgan fingerprint density at radius 2 is 2.57 bits per heavy atom. The first kappa shape index (κ1) is 6.30. The molecule has 0 amide bonds. The third kappa shape index (κ3) is 3.12. The average molecular weight is 103 g/mol. The molecule has 0 bridgehead atoms. The van der Waals surface area contributed by atoms with Gasteiger partial charge in [0.05, 0.1) is 0 Å². The van der Waals surface area contributed by atoms with E-state index in [1.165, 1.54) is 7.11 Å². The second-order valence-corrected chi connectivity index (χ2v) is 1.09. The summed E-state index contributed by atoms with van der Waals surface area (Å²) in [6.07, 6.45) is 1.10. The molecule has 0 aromatic carbocycles. The standard InChI is InChI=1S/C4H9NO2/c1-7-3-4(6)2-5/h2,6H,3,5H2,1H3/b4-2-. The molecule has 3 N–H and O–H groups in total. The normalized spacial score (nSPS) is 11.9. The van der Waals surface area contributed by atoms with Crippen LogP contribution in [-0.4, -0.2) is 18.8 Å². The predicted molar refractivity (Wildman–Crippen MR) is 26.8 cm³/mol. The van der Waals surface area contributed by atoms with E-state index in [-0.39, 0.29) is 12.4 Å². The van der Waals surface area contributed by atoms with Gasteiger partial charge in [0, 0.05) is 13.3 Å². The number of methoxy groups -OCH3 is 1. The summed E-state index contributed by atoms with van der Waals surface area (Å²) in [5.41, 5.74) is 4.87. The molecule has 0 heterocycles. The van der Waals surface area contributed by atoms with Crippen LogP contribution in [0.1, 0.15) is 0 Å². The fraction of sp³-hybridized carbons (Fsp3) is 0.500. The van der Waals surface area contributed by atoms with Crippen LogP contribution in [0.15, 0.2) is 12.0 Å². The number of aliphatic hydroxyl groups is 1. The van der Waals surface area contributed by atoms with E-state index in [1.54, 1.807) is 0 Å². The van der Waals surface area contributed by atoms with Crippen molar-refractivity contribution < 1.29 is 9.84 Å². The monoisotopic (exact) mass is 103 g/mol. The molecule has 0 radical (unpaired) electrons. The minimum absolute atomic E-state index is 0.0579. The van der Waals surface area contributed by atoms with Crippen molar-refractivity contribution in [3.8, 4) is 0 Å². The van der Waals surface area contributed by atoms with Crippen LogP contribution in [0.4, 0.5) is 0 Å². The molecule has 42 valence electrons. The van der Waals surface area contributed by atoms with Crippen molar-refractivity contribution in [2.45, 2.75) is 0 Å². The molecule has 0 aliphatic carbocycles. The lowest BCUT2D eigenvalue weighted by Gasteiger charge is -1.92. The van der Waals surface area contributed by atoms with Crippen LogP contribution in [0.25, 0.3) is 0 Å². The summed E-state index contributed by atoms with van der Waals surface area (Å²) < 4.78 is 4.50. The number of aliphatic hydroxyl groups excluding tert-OH is 1. The Labute approximate surface area is 42.4 Å². The lowest BCUT2D eigenvalue weighted by Crippen LogP contribution is -1.95. The maximum absolute atomic E-state index is 8.47. The van der Waals surface area contributed by atoms with E-state index in [0.717, 1.165) is 6.20 Å². The van der Waals surface area contributed by atoms with Crippen molar-refractivity contribution in [2.24, 2.45) is 5.73 Å². The van der Waals surface area contributed by atoms with Crippen molar-refractivity contribution in [3.05, 3.63) is 12.0 Å². The van der Waals surface area contributed by atoms with Gasteiger partial charge in [0.25, 0.3) is 0 Å². The summed E-state index contributed by atoms with van der Waals surface area (Å²) in [5.74, 6) is 0.0579. The Hall–Kier alpha value is -0.700. The first-order valence-corrected chi connectivity index (χ1v) is 1.90. The second-order valence-electron chi connectivity index (χ2n) is 1.09. The molecular weight excluding hydrogens is 94.0 g/mol. The van der Waals surface area contributed by atoms with Crippen LogP contribution in [0.2, 0.25) is 0 Å². The van der Waals surface area contributed by atoms with Crippen molar-refractivity contribution in [2.75, 3.05) is 13.7 Å². The molecule has 3 nitrogen and oxygen atoms in total. The first-order chi connectivity index (χ1) is 3.31. The molecule has 0 fully saturated rings. The van der Waals surface area contributed by atoms with Gasteiger partial charge < -0.3 is 15.6 Å². The molecule has 0 saturated carbocycles. The largest absolute Gasteiger partial charge is 0.508 e. The molecule has 0 atom stereocenters. The van der Waals surface area contributed by atoms with Crippen LogP contribution in [0.5, 0.6) is 0 Å². The van der Waals surface area contributed by atoms with Gasteiger partial charge in [-0.05, 0) is 0 Å². The highest BCUT2D eigenvalue weighted by Gasteiger charge is 1.83. The van der Waals surface area contributed by atoms with Crippen molar-refractivity contribution >= 4 is 0 Å². The van der Waals surface area contributed by atoms with Crippen molar-refractivity contribution in [1.82, 2.24) is 0 Å². The van der Waals surface area contributed by atoms with Crippen LogP contribution < -0.4 is 5.73 Å². The summed E-state index contributed by atoms with van der Waals surface area (Å²) in [6.45, 7) is 0.191. The Bertz CT molecular complexity index is 70.1.